The highest BCUT2D eigenvalue weighted by Gasteiger charge is 2.10. The normalized spacial score (nSPS) is 12.1. The zero-order valence-corrected chi connectivity index (χ0v) is 13.7. The molecule has 1 N–H and O–H groups in total. The molecule has 0 fully saturated rings. The molecule has 0 saturated carbocycles. The fourth-order valence-corrected chi connectivity index (χ4v) is 2.72. The molecular weight excluding hydrogens is 289 g/mol. The van der Waals surface area contributed by atoms with Crippen molar-refractivity contribution in [1.29, 1.82) is 0 Å². The van der Waals surface area contributed by atoms with Crippen LogP contribution in [0.1, 0.15) is 35.7 Å². The van der Waals surface area contributed by atoms with E-state index in [0.29, 0.717) is 12.0 Å². The van der Waals surface area contributed by atoms with Crippen LogP contribution in [0.15, 0.2) is 54.6 Å². The second kappa shape index (κ2) is 9.21. The number of carbonyl (C=O) groups excluding carboxylic acids is 1. The number of ketones is 1. The van der Waals surface area contributed by atoms with Gasteiger partial charge in [-0.1, -0.05) is 30.3 Å². The number of carbonyl (C=O) groups is 1. The Morgan fingerprint density at radius 1 is 1.00 bits per heavy atom. The van der Waals surface area contributed by atoms with Crippen LogP contribution in [-0.4, -0.2) is 25.4 Å². The van der Waals surface area contributed by atoms with E-state index in [4.69, 9.17) is 0 Å². The first-order chi connectivity index (χ1) is 11.2. The molecule has 0 heterocycles. The van der Waals surface area contributed by atoms with Crippen LogP contribution >= 0.6 is 0 Å². The Kier molecular flexibility index (Phi) is 6.95. The van der Waals surface area contributed by atoms with Gasteiger partial charge in [0.2, 0.25) is 0 Å². The van der Waals surface area contributed by atoms with Crippen LogP contribution in [0, 0.1) is 5.82 Å². The van der Waals surface area contributed by atoms with Gasteiger partial charge < -0.3 is 4.90 Å². The Morgan fingerprint density at radius 3 is 2.35 bits per heavy atom. The van der Waals surface area contributed by atoms with Crippen molar-refractivity contribution in [2.24, 2.45) is 0 Å². The lowest BCUT2D eigenvalue weighted by Gasteiger charge is -2.17. The van der Waals surface area contributed by atoms with Crippen LogP contribution in [0.5, 0.6) is 0 Å². The van der Waals surface area contributed by atoms with Crippen LogP contribution in [-0.2, 0) is 6.42 Å². The van der Waals surface area contributed by atoms with Gasteiger partial charge in [0.1, 0.15) is 5.82 Å². The van der Waals surface area contributed by atoms with Crippen LogP contribution in [0.3, 0.4) is 0 Å². The summed E-state index contributed by atoms with van der Waals surface area (Å²) >= 11 is 0. The van der Waals surface area contributed by atoms with Crippen molar-refractivity contribution in [3.63, 3.8) is 0 Å². The number of Topliss-reactive ketones (excluding diaryl/α,β-unsaturated/α-hetero) is 1. The fraction of sp³-hybridized carbons (Fsp3) is 0.350. The maximum Gasteiger partial charge on any atom is 0.163 e. The van der Waals surface area contributed by atoms with Crippen molar-refractivity contribution >= 4 is 5.78 Å². The largest absolute Gasteiger partial charge is 0.335 e. The third kappa shape index (κ3) is 5.95. The summed E-state index contributed by atoms with van der Waals surface area (Å²) in [4.78, 5) is 13.6. The van der Waals surface area contributed by atoms with Gasteiger partial charge in [-0.15, -0.1) is 0 Å². The molecule has 2 rings (SSSR count). The van der Waals surface area contributed by atoms with E-state index in [2.05, 4.69) is 31.2 Å². The first-order valence-electron chi connectivity index (χ1n) is 8.35. The third-order valence-electron chi connectivity index (χ3n) is 4.21. The Bertz CT molecular complexity index is 595. The van der Waals surface area contributed by atoms with E-state index >= 15 is 0 Å². The lowest BCUT2D eigenvalue weighted by atomic mass is 10.1. The van der Waals surface area contributed by atoms with Crippen molar-refractivity contribution in [2.45, 2.75) is 26.2 Å². The molecule has 2 nitrogen and oxygen atoms in total. The Balaban J connectivity index is 1.72. The quantitative estimate of drug-likeness (QED) is 0.706. The highest BCUT2D eigenvalue weighted by Crippen LogP contribution is 2.06. The minimum absolute atomic E-state index is 0.100. The fourth-order valence-electron chi connectivity index (χ4n) is 2.72. The number of hydrogen-bond acceptors (Lipinski definition) is 1. The molecule has 0 aliphatic heterocycles. The highest BCUT2D eigenvalue weighted by atomic mass is 19.1. The second-order valence-corrected chi connectivity index (χ2v) is 5.87. The lowest BCUT2D eigenvalue weighted by Crippen LogP contribution is -3.12. The smallest absolute Gasteiger partial charge is 0.163 e. The SMILES string of the molecule is CC[NH+](CCCC(=O)c1ccc(F)cc1)CCc1ccccc1. The molecule has 0 aliphatic carbocycles. The van der Waals surface area contributed by atoms with Gasteiger partial charge in [0.05, 0.1) is 19.6 Å². The van der Waals surface area contributed by atoms with E-state index in [9.17, 15) is 9.18 Å². The number of hydrogen-bond donors (Lipinski definition) is 1. The van der Waals surface area contributed by atoms with E-state index in [-0.39, 0.29) is 11.6 Å². The monoisotopic (exact) mass is 314 g/mol. The predicted molar refractivity (Wildman–Crippen MR) is 91.3 cm³/mol. The molecule has 23 heavy (non-hydrogen) atoms. The molecule has 1 unspecified atom stereocenters. The third-order valence-corrected chi connectivity index (χ3v) is 4.21. The van der Waals surface area contributed by atoms with E-state index < -0.39 is 0 Å². The number of nitrogens with one attached hydrogen (secondary N) is 1. The average Bonchev–Trinajstić information content (AvgIpc) is 2.59. The first kappa shape index (κ1) is 17.4. The minimum Gasteiger partial charge on any atom is -0.335 e. The highest BCUT2D eigenvalue weighted by molar-refractivity contribution is 5.95. The van der Waals surface area contributed by atoms with Crippen LogP contribution in [0.4, 0.5) is 4.39 Å². The van der Waals surface area contributed by atoms with Gasteiger partial charge in [-0.25, -0.2) is 4.39 Å². The van der Waals surface area contributed by atoms with Gasteiger partial charge in [0.25, 0.3) is 0 Å². The van der Waals surface area contributed by atoms with E-state index in [0.717, 1.165) is 32.5 Å². The molecule has 0 amide bonds. The van der Waals surface area contributed by atoms with Gasteiger partial charge in [0.15, 0.2) is 5.78 Å². The van der Waals surface area contributed by atoms with E-state index in [1.165, 1.54) is 22.6 Å². The maximum absolute atomic E-state index is 12.9. The molecule has 0 aliphatic rings. The van der Waals surface area contributed by atoms with Gasteiger partial charge in [0, 0.05) is 24.8 Å². The summed E-state index contributed by atoms with van der Waals surface area (Å²) in [5.74, 6) is -0.201. The lowest BCUT2D eigenvalue weighted by molar-refractivity contribution is -0.898. The van der Waals surface area contributed by atoms with Crippen molar-refractivity contribution in [1.82, 2.24) is 0 Å². The molecule has 2 aromatic carbocycles. The molecule has 3 heteroatoms. The summed E-state index contributed by atoms with van der Waals surface area (Å²) in [6, 6.07) is 16.3. The standard InChI is InChI=1S/C20H24FNO/c1-2-22(16-14-17-7-4-3-5-8-17)15-6-9-20(23)18-10-12-19(21)13-11-18/h3-5,7-8,10-13H,2,6,9,14-16H2,1H3/p+1. The molecule has 0 bridgehead atoms. The van der Waals surface area contributed by atoms with Crippen LogP contribution < -0.4 is 4.90 Å². The van der Waals surface area contributed by atoms with Gasteiger partial charge in [-0.05, 0) is 36.8 Å². The van der Waals surface area contributed by atoms with Crippen molar-refractivity contribution < 1.29 is 14.1 Å². The Hall–Kier alpha value is -2.00. The zero-order chi connectivity index (χ0) is 16.5. The van der Waals surface area contributed by atoms with Crippen LogP contribution in [0.2, 0.25) is 0 Å². The van der Waals surface area contributed by atoms with Crippen molar-refractivity contribution in [3.05, 3.63) is 71.5 Å². The van der Waals surface area contributed by atoms with Gasteiger partial charge in [-0.3, -0.25) is 4.79 Å². The number of quaternary nitrogens is 1. The zero-order valence-electron chi connectivity index (χ0n) is 13.7. The van der Waals surface area contributed by atoms with E-state index in [1.54, 1.807) is 12.1 Å². The number of likely N-dealkylation sites (N-methyl/N-ethyl adjacent to an activating group) is 1. The Morgan fingerprint density at radius 2 is 1.70 bits per heavy atom. The van der Waals surface area contributed by atoms with Crippen molar-refractivity contribution in [2.75, 3.05) is 19.6 Å². The second-order valence-electron chi connectivity index (χ2n) is 5.87. The van der Waals surface area contributed by atoms with Crippen LogP contribution in [0.25, 0.3) is 0 Å². The summed E-state index contributed by atoms with van der Waals surface area (Å²) in [7, 11) is 0. The molecular formula is C20H25FNO+. The molecule has 0 spiro atoms. The van der Waals surface area contributed by atoms with Gasteiger partial charge >= 0.3 is 0 Å². The average molecular weight is 314 g/mol. The topological polar surface area (TPSA) is 21.5 Å². The summed E-state index contributed by atoms with van der Waals surface area (Å²) < 4.78 is 12.9. The summed E-state index contributed by atoms with van der Waals surface area (Å²) in [6.45, 7) is 5.33. The molecule has 0 saturated heterocycles. The number of halogens is 1. The van der Waals surface area contributed by atoms with E-state index in [1.807, 2.05) is 6.07 Å². The summed E-state index contributed by atoms with van der Waals surface area (Å²) in [5, 5.41) is 0. The summed E-state index contributed by atoms with van der Waals surface area (Å²) in [5.41, 5.74) is 1.97. The molecule has 0 aromatic heterocycles. The predicted octanol–water partition coefficient (Wildman–Crippen LogP) is 2.94. The molecule has 0 radical (unpaired) electrons. The first-order valence-corrected chi connectivity index (χ1v) is 8.35. The molecule has 1 atom stereocenters. The number of rotatable bonds is 9. The van der Waals surface area contributed by atoms with Gasteiger partial charge in [-0.2, -0.15) is 0 Å². The summed E-state index contributed by atoms with van der Waals surface area (Å²) in [6.07, 6.45) is 2.46. The van der Waals surface area contributed by atoms with Crippen molar-refractivity contribution in [3.8, 4) is 0 Å². The maximum atomic E-state index is 12.9. The Labute approximate surface area is 137 Å². The minimum atomic E-state index is -0.302. The molecule has 2 aromatic rings. The molecule has 122 valence electrons. The number of benzene rings is 2.